The molecule has 0 spiro atoms. The molecular weight excluding hydrogens is 170 g/mol. The first-order chi connectivity index (χ1) is 6.24. The van der Waals surface area contributed by atoms with Crippen molar-refractivity contribution in [2.75, 3.05) is 33.3 Å². The number of nitrogens with two attached hydrogens (primary N) is 1. The average molecular weight is 185 g/mol. The molecule has 13 heavy (non-hydrogen) atoms. The van der Waals surface area contributed by atoms with Crippen molar-refractivity contribution in [1.29, 1.82) is 0 Å². The van der Waals surface area contributed by atoms with Crippen LogP contribution in [0, 0.1) is 0 Å². The fourth-order valence-corrected chi connectivity index (χ4v) is 0.992. The molecule has 0 radical (unpaired) electrons. The molecule has 0 aromatic heterocycles. The van der Waals surface area contributed by atoms with Gasteiger partial charge in [-0.2, -0.15) is 0 Å². The van der Waals surface area contributed by atoms with Crippen LogP contribution in [0.15, 0.2) is 9.98 Å². The van der Waals surface area contributed by atoms with Gasteiger partial charge in [-0.05, 0) is 0 Å². The maximum Gasteiger partial charge on any atom is 0.200 e. The van der Waals surface area contributed by atoms with Crippen molar-refractivity contribution in [3.63, 3.8) is 0 Å². The maximum atomic E-state index is 8.50. The standard InChI is InChI=1S/C7H15N5O/c1-12-4-2-10-7(12)11-6(8)9-3-5-13/h13H,2-5H2,1H3,(H3,8,9,10,11). The van der Waals surface area contributed by atoms with Crippen LogP contribution in [-0.4, -0.2) is 55.2 Å². The maximum absolute atomic E-state index is 8.50. The van der Waals surface area contributed by atoms with Crippen molar-refractivity contribution in [2.24, 2.45) is 15.7 Å². The predicted octanol–water partition coefficient (Wildman–Crippen LogP) is -1.82. The van der Waals surface area contributed by atoms with Gasteiger partial charge in [0.15, 0.2) is 5.96 Å². The lowest BCUT2D eigenvalue weighted by atomic mass is 10.6. The second kappa shape index (κ2) is 4.66. The van der Waals surface area contributed by atoms with E-state index in [9.17, 15) is 0 Å². The highest BCUT2D eigenvalue weighted by atomic mass is 16.3. The van der Waals surface area contributed by atoms with Crippen molar-refractivity contribution in [3.05, 3.63) is 0 Å². The van der Waals surface area contributed by atoms with E-state index in [1.165, 1.54) is 0 Å². The van der Waals surface area contributed by atoms with E-state index in [2.05, 4.69) is 15.3 Å². The molecule has 0 saturated carbocycles. The number of nitrogens with zero attached hydrogens (tertiary/aromatic N) is 3. The van der Waals surface area contributed by atoms with E-state index in [1.54, 1.807) is 0 Å². The van der Waals surface area contributed by atoms with Crippen molar-refractivity contribution in [2.45, 2.75) is 0 Å². The van der Waals surface area contributed by atoms with Gasteiger partial charge < -0.3 is 15.7 Å². The van der Waals surface area contributed by atoms with E-state index in [-0.39, 0.29) is 6.61 Å². The Morgan fingerprint density at radius 3 is 3.15 bits per heavy atom. The fraction of sp³-hybridized carbons (Fsp3) is 0.714. The number of aliphatic hydroxyl groups excluding tert-OH is 1. The van der Waals surface area contributed by atoms with E-state index >= 15 is 0 Å². The molecule has 1 rings (SSSR count). The summed E-state index contributed by atoms with van der Waals surface area (Å²) in [6, 6.07) is 0. The van der Waals surface area contributed by atoms with Crippen LogP contribution in [0.5, 0.6) is 0 Å². The van der Waals surface area contributed by atoms with E-state index in [0.717, 1.165) is 19.0 Å². The van der Waals surface area contributed by atoms with Crippen LogP contribution in [-0.2, 0) is 0 Å². The number of guanidine groups is 2. The lowest BCUT2D eigenvalue weighted by Crippen LogP contribution is -2.43. The van der Waals surface area contributed by atoms with E-state index < -0.39 is 0 Å². The van der Waals surface area contributed by atoms with Crippen LogP contribution in [0.4, 0.5) is 0 Å². The Bertz CT molecular complexity index is 225. The molecule has 0 unspecified atom stereocenters. The summed E-state index contributed by atoms with van der Waals surface area (Å²) in [5, 5.41) is 11.4. The van der Waals surface area contributed by atoms with Crippen LogP contribution in [0.3, 0.4) is 0 Å². The largest absolute Gasteiger partial charge is 0.394 e. The van der Waals surface area contributed by atoms with E-state index in [4.69, 9.17) is 10.8 Å². The summed E-state index contributed by atoms with van der Waals surface area (Å²) in [7, 11) is 1.93. The third-order valence-electron chi connectivity index (χ3n) is 1.68. The highest BCUT2D eigenvalue weighted by Crippen LogP contribution is 1.93. The van der Waals surface area contributed by atoms with Crippen LogP contribution in [0.25, 0.3) is 0 Å². The molecule has 6 nitrogen and oxygen atoms in total. The summed E-state index contributed by atoms with van der Waals surface area (Å²) >= 11 is 0. The summed E-state index contributed by atoms with van der Waals surface area (Å²) in [5.74, 6) is 1.03. The topological polar surface area (TPSA) is 86.2 Å². The lowest BCUT2D eigenvalue weighted by molar-refractivity contribution is 0.306. The summed E-state index contributed by atoms with van der Waals surface area (Å²) < 4.78 is 0. The molecule has 0 aliphatic carbocycles. The summed E-state index contributed by atoms with van der Waals surface area (Å²) in [6.45, 7) is 2.00. The smallest absolute Gasteiger partial charge is 0.200 e. The fourth-order valence-electron chi connectivity index (χ4n) is 0.992. The quantitative estimate of drug-likeness (QED) is 0.349. The van der Waals surface area contributed by atoms with Crippen LogP contribution in [0.1, 0.15) is 0 Å². The molecule has 1 aliphatic heterocycles. The molecular formula is C7H15N5O. The number of aliphatic imine (C=N–C) groups is 2. The van der Waals surface area contributed by atoms with Gasteiger partial charge in [0.1, 0.15) is 0 Å². The summed E-state index contributed by atoms with van der Waals surface area (Å²) in [6.07, 6.45) is 0. The van der Waals surface area contributed by atoms with Gasteiger partial charge in [-0.1, -0.05) is 0 Å². The SMILES string of the molecule is CN1CCN=C1NC(N)=NCCO. The van der Waals surface area contributed by atoms with Crippen LogP contribution in [0.2, 0.25) is 0 Å². The second-order valence-electron chi connectivity index (χ2n) is 2.74. The second-order valence-corrected chi connectivity index (χ2v) is 2.74. The van der Waals surface area contributed by atoms with Crippen molar-refractivity contribution in [1.82, 2.24) is 10.2 Å². The third-order valence-corrected chi connectivity index (χ3v) is 1.68. The van der Waals surface area contributed by atoms with Gasteiger partial charge in [-0.15, -0.1) is 0 Å². The molecule has 0 fully saturated rings. The van der Waals surface area contributed by atoms with Crippen molar-refractivity contribution in [3.8, 4) is 0 Å². The Kier molecular flexibility index (Phi) is 3.51. The van der Waals surface area contributed by atoms with Gasteiger partial charge in [0.05, 0.1) is 19.7 Å². The first-order valence-corrected chi connectivity index (χ1v) is 4.17. The Morgan fingerprint density at radius 2 is 2.62 bits per heavy atom. The Labute approximate surface area is 77.2 Å². The zero-order valence-corrected chi connectivity index (χ0v) is 7.69. The molecule has 74 valence electrons. The predicted molar refractivity (Wildman–Crippen MR) is 51.6 cm³/mol. The number of hydrogen-bond donors (Lipinski definition) is 3. The molecule has 0 amide bonds. The summed E-state index contributed by atoms with van der Waals surface area (Å²) in [5.41, 5.74) is 5.52. The first kappa shape index (κ1) is 9.79. The van der Waals surface area contributed by atoms with Gasteiger partial charge in [0.25, 0.3) is 0 Å². The molecule has 0 saturated heterocycles. The Balaban J connectivity index is 2.39. The summed E-state index contributed by atoms with van der Waals surface area (Å²) in [4.78, 5) is 10.00. The third kappa shape index (κ3) is 2.90. The molecule has 4 N–H and O–H groups in total. The zero-order chi connectivity index (χ0) is 9.68. The Morgan fingerprint density at radius 1 is 1.85 bits per heavy atom. The molecule has 1 heterocycles. The zero-order valence-electron chi connectivity index (χ0n) is 7.69. The van der Waals surface area contributed by atoms with Gasteiger partial charge in [0.2, 0.25) is 5.96 Å². The number of rotatable bonds is 2. The van der Waals surface area contributed by atoms with Gasteiger partial charge in [0, 0.05) is 13.6 Å². The number of likely N-dealkylation sites (N-methyl/N-ethyl adjacent to an activating group) is 1. The molecule has 6 heteroatoms. The number of nitrogens with one attached hydrogen (secondary N) is 1. The van der Waals surface area contributed by atoms with Gasteiger partial charge >= 0.3 is 0 Å². The van der Waals surface area contributed by atoms with E-state index in [1.807, 2.05) is 11.9 Å². The Hall–Kier alpha value is -1.30. The number of aliphatic hydroxyl groups is 1. The van der Waals surface area contributed by atoms with Gasteiger partial charge in [-0.3, -0.25) is 15.3 Å². The molecule has 0 atom stereocenters. The monoisotopic (exact) mass is 185 g/mol. The van der Waals surface area contributed by atoms with Crippen molar-refractivity contribution < 1.29 is 5.11 Å². The minimum absolute atomic E-state index is 0.00466. The highest BCUT2D eigenvalue weighted by Gasteiger charge is 2.12. The highest BCUT2D eigenvalue weighted by molar-refractivity contribution is 5.98. The van der Waals surface area contributed by atoms with Crippen LogP contribution >= 0.6 is 0 Å². The van der Waals surface area contributed by atoms with E-state index in [0.29, 0.717) is 12.5 Å². The lowest BCUT2D eigenvalue weighted by Gasteiger charge is -2.14. The molecule has 0 aromatic carbocycles. The first-order valence-electron chi connectivity index (χ1n) is 4.17. The average Bonchev–Trinajstić information content (AvgIpc) is 2.48. The normalized spacial score (nSPS) is 17.5. The molecule has 1 aliphatic rings. The minimum atomic E-state index is 0.00466. The number of hydrogen-bond acceptors (Lipinski definition) is 4. The van der Waals surface area contributed by atoms with Crippen molar-refractivity contribution >= 4 is 11.9 Å². The minimum Gasteiger partial charge on any atom is -0.394 e. The molecule has 0 bridgehead atoms. The molecule has 0 aromatic rings. The van der Waals surface area contributed by atoms with Crippen LogP contribution < -0.4 is 11.1 Å². The van der Waals surface area contributed by atoms with Gasteiger partial charge in [-0.25, -0.2) is 0 Å².